The van der Waals surface area contributed by atoms with Gasteiger partial charge in [-0.2, -0.15) is 4.98 Å². The average molecular weight is 425 g/mol. The summed E-state index contributed by atoms with van der Waals surface area (Å²) in [7, 11) is 0. The molecule has 0 bridgehead atoms. The Labute approximate surface area is 188 Å². The molecule has 5 rings (SSSR count). The highest BCUT2D eigenvalue weighted by atomic mass is 15.1. The van der Waals surface area contributed by atoms with E-state index in [0.717, 1.165) is 52.5 Å². The number of anilines is 4. The minimum absolute atomic E-state index is 0.574. The number of aromatic nitrogens is 3. The Balaban J connectivity index is 1.41. The SMILES string of the molecule is C=C(C)Nc1ccc(-c2nc(Nc3ccc(N4CCCCC4)cc3)nc3[nH]ccc23)cc1. The molecule has 3 N–H and O–H groups in total. The van der Waals surface area contributed by atoms with E-state index < -0.39 is 0 Å². The molecular formula is C26H28N6. The zero-order valence-corrected chi connectivity index (χ0v) is 18.4. The van der Waals surface area contributed by atoms with Gasteiger partial charge in [-0.3, -0.25) is 0 Å². The molecule has 3 heterocycles. The van der Waals surface area contributed by atoms with Gasteiger partial charge in [-0.05, 0) is 68.7 Å². The molecule has 1 aliphatic heterocycles. The smallest absolute Gasteiger partial charge is 0.229 e. The molecule has 1 saturated heterocycles. The minimum Gasteiger partial charge on any atom is -0.372 e. The van der Waals surface area contributed by atoms with Crippen molar-refractivity contribution in [2.75, 3.05) is 28.6 Å². The molecule has 0 radical (unpaired) electrons. The summed E-state index contributed by atoms with van der Waals surface area (Å²) >= 11 is 0. The Bertz CT molecular complexity index is 1220. The number of rotatable bonds is 6. The van der Waals surface area contributed by atoms with Crippen molar-refractivity contribution in [2.24, 2.45) is 0 Å². The van der Waals surface area contributed by atoms with Gasteiger partial charge in [0.25, 0.3) is 0 Å². The first-order valence-electron chi connectivity index (χ1n) is 11.2. The summed E-state index contributed by atoms with van der Waals surface area (Å²) in [5, 5.41) is 7.61. The highest BCUT2D eigenvalue weighted by molar-refractivity contribution is 5.92. The van der Waals surface area contributed by atoms with Crippen LogP contribution in [0.25, 0.3) is 22.3 Å². The first-order chi connectivity index (χ1) is 15.7. The molecule has 0 spiro atoms. The molecular weight excluding hydrogens is 396 g/mol. The minimum atomic E-state index is 0.574. The summed E-state index contributed by atoms with van der Waals surface area (Å²) in [6, 6.07) is 18.8. The van der Waals surface area contributed by atoms with Crippen LogP contribution in [0.3, 0.4) is 0 Å². The fourth-order valence-electron chi connectivity index (χ4n) is 4.21. The Morgan fingerprint density at radius 3 is 2.34 bits per heavy atom. The van der Waals surface area contributed by atoms with Crippen molar-refractivity contribution in [3.05, 3.63) is 73.1 Å². The second kappa shape index (κ2) is 8.75. The van der Waals surface area contributed by atoms with Gasteiger partial charge in [0.15, 0.2) is 0 Å². The van der Waals surface area contributed by atoms with Gasteiger partial charge in [-0.1, -0.05) is 18.7 Å². The van der Waals surface area contributed by atoms with Gasteiger partial charge in [0.2, 0.25) is 5.95 Å². The fourth-order valence-corrected chi connectivity index (χ4v) is 4.21. The van der Waals surface area contributed by atoms with Crippen LogP contribution in [0.5, 0.6) is 0 Å². The van der Waals surface area contributed by atoms with Crippen molar-refractivity contribution in [3.63, 3.8) is 0 Å². The maximum absolute atomic E-state index is 4.85. The van der Waals surface area contributed by atoms with Gasteiger partial charge in [-0.25, -0.2) is 4.98 Å². The summed E-state index contributed by atoms with van der Waals surface area (Å²) < 4.78 is 0. The first-order valence-corrected chi connectivity index (χ1v) is 11.2. The molecule has 4 aromatic rings. The zero-order chi connectivity index (χ0) is 21.9. The van der Waals surface area contributed by atoms with Crippen LogP contribution in [0.2, 0.25) is 0 Å². The van der Waals surface area contributed by atoms with Crippen LogP contribution < -0.4 is 15.5 Å². The predicted molar refractivity (Wildman–Crippen MR) is 134 cm³/mol. The third-order valence-electron chi connectivity index (χ3n) is 5.78. The number of H-pyrrole nitrogens is 1. The molecule has 6 heteroatoms. The molecule has 2 aromatic heterocycles. The van der Waals surface area contributed by atoms with Gasteiger partial charge in [-0.15, -0.1) is 0 Å². The number of aromatic amines is 1. The Morgan fingerprint density at radius 2 is 1.62 bits per heavy atom. The summed E-state index contributed by atoms with van der Waals surface area (Å²) in [6.45, 7) is 8.13. The lowest BCUT2D eigenvalue weighted by molar-refractivity contribution is 0.578. The molecule has 0 aliphatic carbocycles. The number of fused-ring (bicyclic) bond motifs is 1. The van der Waals surface area contributed by atoms with Gasteiger partial charge >= 0.3 is 0 Å². The Hall–Kier alpha value is -3.80. The summed E-state index contributed by atoms with van der Waals surface area (Å²) in [4.78, 5) is 15.2. The molecule has 32 heavy (non-hydrogen) atoms. The highest BCUT2D eigenvalue weighted by Gasteiger charge is 2.13. The molecule has 0 atom stereocenters. The summed E-state index contributed by atoms with van der Waals surface area (Å²) in [5.41, 5.74) is 6.91. The van der Waals surface area contributed by atoms with E-state index >= 15 is 0 Å². The number of nitrogens with zero attached hydrogens (tertiary/aromatic N) is 3. The van der Waals surface area contributed by atoms with E-state index in [1.165, 1.54) is 24.9 Å². The fraction of sp³-hybridized carbons (Fsp3) is 0.231. The molecule has 0 unspecified atom stereocenters. The van der Waals surface area contributed by atoms with Crippen molar-refractivity contribution in [3.8, 4) is 11.3 Å². The molecule has 0 saturated carbocycles. The average Bonchev–Trinajstić information content (AvgIpc) is 3.29. The number of hydrogen-bond donors (Lipinski definition) is 3. The lowest BCUT2D eigenvalue weighted by Gasteiger charge is -2.28. The standard InChI is InChI=1S/C26H28N6/c1-18(2)28-20-8-6-19(7-9-20)24-23-14-15-27-25(23)31-26(30-24)29-21-10-12-22(13-11-21)32-16-4-3-5-17-32/h6-15,28H,1,3-5,16-17H2,2H3,(H2,27,29,30,31). The van der Waals surface area contributed by atoms with Gasteiger partial charge < -0.3 is 20.5 Å². The van der Waals surface area contributed by atoms with Crippen LogP contribution in [-0.2, 0) is 0 Å². The highest BCUT2D eigenvalue weighted by Crippen LogP contribution is 2.29. The lowest BCUT2D eigenvalue weighted by atomic mass is 10.1. The lowest BCUT2D eigenvalue weighted by Crippen LogP contribution is -2.29. The second-order valence-corrected chi connectivity index (χ2v) is 8.34. The van der Waals surface area contributed by atoms with Crippen LogP contribution in [0, 0.1) is 0 Å². The predicted octanol–water partition coefficient (Wildman–Crippen LogP) is 6.30. The van der Waals surface area contributed by atoms with Crippen LogP contribution in [0.1, 0.15) is 26.2 Å². The molecule has 162 valence electrons. The van der Waals surface area contributed by atoms with Crippen LogP contribution >= 0.6 is 0 Å². The first kappa shape index (κ1) is 20.1. The van der Waals surface area contributed by atoms with Crippen molar-refractivity contribution in [1.82, 2.24) is 15.0 Å². The molecule has 0 amide bonds. The van der Waals surface area contributed by atoms with E-state index in [9.17, 15) is 0 Å². The largest absolute Gasteiger partial charge is 0.372 e. The third-order valence-corrected chi connectivity index (χ3v) is 5.78. The maximum Gasteiger partial charge on any atom is 0.229 e. The van der Waals surface area contributed by atoms with Gasteiger partial charge in [0.1, 0.15) is 5.65 Å². The van der Waals surface area contributed by atoms with E-state index in [1.54, 1.807) is 0 Å². The Kier molecular flexibility index (Phi) is 5.50. The van der Waals surface area contributed by atoms with Crippen molar-refractivity contribution >= 4 is 34.0 Å². The number of nitrogens with one attached hydrogen (secondary N) is 3. The second-order valence-electron chi connectivity index (χ2n) is 8.34. The topological polar surface area (TPSA) is 68.9 Å². The summed E-state index contributed by atoms with van der Waals surface area (Å²) in [5.74, 6) is 0.574. The van der Waals surface area contributed by atoms with E-state index in [-0.39, 0.29) is 0 Å². The molecule has 1 aliphatic rings. The number of benzene rings is 2. The van der Waals surface area contributed by atoms with Crippen LogP contribution in [0.15, 0.2) is 73.1 Å². The van der Waals surface area contributed by atoms with Gasteiger partial charge in [0.05, 0.1) is 5.69 Å². The number of hydrogen-bond acceptors (Lipinski definition) is 5. The van der Waals surface area contributed by atoms with Gasteiger partial charge in [0, 0.05) is 53.0 Å². The normalized spacial score (nSPS) is 13.8. The van der Waals surface area contributed by atoms with Crippen molar-refractivity contribution < 1.29 is 0 Å². The van der Waals surface area contributed by atoms with E-state index in [1.807, 2.05) is 31.3 Å². The van der Waals surface area contributed by atoms with Crippen molar-refractivity contribution in [2.45, 2.75) is 26.2 Å². The molecule has 2 aromatic carbocycles. The number of piperidine rings is 1. The monoisotopic (exact) mass is 424 g/mol. The zero-order valence-electron chi connectivity index (χ0n) is 18.4. The van der Waals surface area contributed by atoms with E-state index in [0.29, 0.717) is 5.95 Å². The van der Waals surface area contributed by atoms with E-state index in [2.05, 4.69) is 68.5 Å². The Morgan fingerprint density at radius 1 is 0.906 bits per heavy atom. The quantitative estimate of drug-likeness (QED) is 0.339. The molecule has 1 fully saturated rings. The maximum atomic E-state index is 4.85. The molecule has 6 nitrogen and oxygen atoms in total. The van der Waals surface area contributed by atoms with Crippen molar-refractivity contribution in [1.29, 1.82) is 0 Å². The third kappa shape index (κ3) is 4.30. The summed E-state index contributed by atoms with van der Waals surface area (Å²) in [6.07, 6.45) is 5.79. The van der Waals surface area contributed by atoms with Crippen LogP contribution in [-0.4, -0.2) is 28.0 Å². The van der Waals surface area contributed by atoms with E-state index in [4.69, 9.17) is 4.98 Å². The van der Waals surface area contributed by atoms with Crippen LogP contribution in [0.4, 0.5) is 23.0 Å². The number of allylic oxidation sites excluding steroid dienone is 1.